The first-order valence-corrected chi connectivity index (χ1v) is 42.1. The van der Waals surface area contributed by atoms with E-state index in [-0.39, 0.29) is 132 Å². The molecule has 6 aliphatic rings. The molecule has 0 aromatic rings. The van der Waals surface area contributed by atoms with Gasteiger partial charge in [-0.25, -0.2) is 14.4 Å². The van der Waals surface area contributed by atoms with Crippen molar-refractivity contribution < 1.29 is 134 Å². The van der Waals surface area contributed by atoms with Gasteiger partial charge in [-0.3, -0.25) is 23.8 Å². The van der Waals surface area contributed by atoms with Crippen molar-refractivity contribution in [2.45, 2.75) is 322 Å². The molecule has 0 aliphatic carbocycles. The molecule has 0 bridgehead atoms. The summed E-state index contributed by atoms with van der Waals surface area (Å²) in [7, 11) is 16.5. The average Bonchev–Trinajstić information content (AvgIpc) is 0.777. The topological polar surface area (TPSA) is 346 Å². The fraction of sp³-hybridized carbons (Fsp3) is 0.882. The Bertz CT molecular complexity index is 3030. The molecule has 6 heterocycles. The van der Waals surface area contributed by atoms with Crippen LogP contribution in [0.3, 0.4) is 0 Å². The zero-order valence-corrected chi connectivity index (χ0v) is 79.0. The monoisotopic (exact) mass is 1760 g/mol. The number of cyclic esters (lactones) is 3. The van der Waals surface area contributed by atoms with Crippen molar-refractivity contribution in [2.75, 3.05) is 74.6 Å². The summed E-state index contributed by atoms with van der Waals surface area (Å²) in [5, 5.41) is 20.2. The van der Waals surface area contributed by atoms with E-state index in [4.69, 9.17) is 81.2 Å². The summed E-state index contributed by atoms with van der Waals surface area (Å²) in [5.74, 6) is -4.12. The molecule has 111 heavy (non-hydrogen) atoms. The molecule has 3 fully saturated rings. The van der Waals surface area contributed by atoms with E-state index < -0.39 is 101 Å². The van der Waals surface area contributed by atoms with E-state index in [9.17, 15) is 38.2 Å². The van der Waals surface area contributed by atoms with Crippen molar-refractivity contribution in [3.8, 4) is 0 Å². The smallest absolute Gasteiger partial charge is 0.456 e. The Kier molecular flexibility index (Phi) is 42.8. The molecule has 0 radical (unpaired) electrons. The Hall–Kier alpha value is -2.62. The molecule has 0 aromatic carbocycles. The third-order valence-electron chi connectivity index (χ3n) is 21.6. The second kappa shape index (κ2) is 45.5. The molecule has 0 saturated carbocycles. The van der Waals surface area contributed by atoms with Gasteiger partial charge in [0.15, 0.2) is 44.3 Å². The number of hydrogen-bond acceptors (Lipinski definition) is 29. The van der Waals surface area contributed by atoms with E-state index in [1.165, 1.54) is 7.11 Å². The van der Waals surface area contributed by atoms with E-state index in [0.29, 0.717) is 58.7 Å². The van der Waals surface area contributed by atoms with Crippen LogP contribution in [0, 0.1) is 55.7 Å². The van der Waals surface area contributed by atoms with Gasteiger partial charge in [-0.15, -0.1) is 5.34 Å². The standard InChI is InChI=1S/C26H46NO7P.C25H43INO7P.C25H43N2O9P.HNO2.Na/c1-12-15(2)14-26(8,30-11)22(17(4)20-18(5)23(28)34-25(6,7)33-20)32-24-21(35-29)19(27(9)10)13-16(3)31-24;1-14(13-26)12-25(7,30-10)21(16(3)19-17(4)22(28)34-24(5,6)33-19)32-23-20(35-29)18(27(8)9)11-15(2)31-23;1-14(13-27(29)30)12-25(7,32-10)21(16(3)19-17(4)22(28)36-24(5,6)35-19)34-23-20(37-31)18(26(8)9)11-15(2)33-23;2-1-3;/h15-17,19,21-22,24H,12-14H2,1-11H3;14-16,18,20-21,23H,11-13H2,1-10H3;14-16,18,20-21,23H,11-13H2,1-10H3;(H,2,3);/q;;;;+1/p-1/t15-,16+,17-,19?,21+,22+,24-,26+;2*14-,15-,16+,18?,20-,21-,23+,25-;;/m011../s1. The summed E-state index contributed by atoms with van der Waals surface area (Å²) in [6, 6.07) is -0.00311. The minimum absolute atomic E-state index is 0. The number of nitrogens with zero attached hydrogens (tertiary/aromatic N) is 5. The van der Waals surface area contributed by atoms with Gasteiger partial charge in [0, 0.05) is 114 Å². The van der Waals surface area contributed by atoms with Gasteiger partial charge in [-0.1, -0.05) is 77.5 Å². The van der Waals surface area contributed by atoms with E-state index in [1.807, 2.05) is 109 Å². The van der Waals surface area contributed by atoms with E-state index >= 15 is 0 Å². The zero-order chi connectivity index (χ0) is 84.4. The van der Waals surface area contributed by atoms with Gasteiger partial charge in [0.1, 0.15) is 34.3 Å². The molecular weight excluding hydrogens is 1630 g/mol. The first kappa shape index (κ1) is 104. The summed E-state index contributed by atoms with van der Waals surface area (Å²) < 4.78 is 130. The first-order valence-electron chi connectivity index (χ1n) is 37.9. The van der Waals surface area contributed by atoms with Gasteiger partial charge in [-0.2, -0.15) is 0 Å². The Balaban J connectivity index is 0.000000552. The molecular formula is C76H132IN5NaO25P3. The van der Waals surface area contributed by atoms with Crippen LogP contribution in [0.5, 0.6) is 0 Å². The Labute approximate surface area is 701 Å². The van der Waals surface area contributed by atoms with Crippen molar-refractivity contribution >= 4 is 65.9 Å². The Morgan fingerprint density at radius 2 is 0.766 bits per heavy atom. The van der Waals surface area contributed by atoms with Crippen LogP contribution in [-0.2, 0) is 99.1 Å². The molecule has 3 unspecified atom stereocenters. The molecule has 24 atom stereocenters. The van der Waals surface area contributed by atoms with Crippen LogP contribution < -0.4 is 29.6 Å². The molecule has 0 aromatic heterocycles. The summed E-state index contributed by atoms with van der Waals surface area (Å²) in [6.07, 6.45) is 0.483. The van der Waals surface area contributed by atoms with Crippen molar-refractivity contribution in [3.63, 3.8) is 0 Å². The number of hydrogen-bond donors (Lipinski definition) is 0. The maximum absolute atomic E-state index is 12.6. The number of halogens is 1. The Morgan fingerprint density at radius 1 is 0.523 bits per heavy atom. The molecule has 35 heteroatoms. The molecule has 6 rings (SSSR count). The van der Waals surface area contributed by atoms with Gasteiger partial charge in [0.05, 0.1) is 70.1 Å². The Morgan fingerprint density at radius 3 is 0.973 bits per heavy atom. The fourth-order valence-corrected chi connectivity index (χ4v) is 18.3. The molecule has 6 aliphatic heterocycles. The van der Waals surface area contributed by atoms with Crippen molar-refractivity contribution in [1.29, 1.82) is 0 Å². The fourth-order valence-electron chi connectivity index (χ4n) is 15.7. The van der Waals surface area contributed by atoms with E-state index in [0.717, 1.165) is 41.9 Å². The number of alkyl halides is 1. The van der Waals surface area contributed by atoms with E-state index in [1.54, 1.807) is 83.5 Å². The summed E-state index contributed by atoms with van der Waals surface area (Å²) in [6.45, 7) is 40.9. The van der Waals surface area contributed by atoms with Crippen LogP contribution in [0.15, 0.2) is 39.3 Å². The maximum atomic E-state index is 12.6. The van der Waals surface area contributed by atoms with Gasteiger partial charge in [0.2, 0.25) is 23.9 Å². The van der Waals surface area contributed by atoms with Crippen LogP contribution in [0.25, 0.3) is 0 Å². The molecule has 0 spiro atoms. The molecule has 0 amide bonds. The molecule has 3 saturated heterocycles. The first-order chi connectivity index (χ1) is 50.8. The van der Waals surface area contributed by atoms with Gasteiger partial charge >= 0.3 is 47.5 Å². The second-order valence-electron chi connectivity index (χ2n) is 33.3. The zero-order valence-electron chi connectivity index (χ0n) is 72.2. The number of nitro groups is 1. The second-order valence-corrected chi connectivity index (χ2v) is 36.6. The SMILES string of the molecule is CC[C@H](C)C[C@@](C)(OC)[C@H](O[C@@H]1O[C@H](C)CC(N(C)C)[C@H]1P=O)[C@@H](C)C1=C(C)C(=O)OC(C)(C)O1.CO[C@](C)(C[C@@H](C)CI)[C@H](O[C@@H]1O[C@H](C)CC(N(C)C)[C@H]1P=O)[C@@H](C)C1=C(C)C(=O)OC(C)(C)O1.CO[C@](C)(C[C@@H](C)C[N+](=O)[O-])[C@H](O[C@@H]1O[C@H](C)CC(N(C)C)[C@H]1P=O)[C@@H](C)C1=C(C)C(=O)OC(C)(C)O1.O=N[O-].[Na+]. The third-order valence-corrected chi connectivity index (χ3v) is 25.6. The largest absolute Gasteiger partial charge is 1.00 e. The predicted octanol–water partition coefficient (Wildman–Crippen LogP) is 11.6. The summed E-state index contributed by atoms with van der Waals surface area (Å²) in [5.41, 5.74) is -2.59. The predicted molar refractivity (Wildman–Crippen MR) is 425 cm³/mol. The van der Waals surface area contributed by atoms with Crippen LogP contribution in [0.1, 0.15) is 197 Å². The summed E-state index contributed by atoms with van der Waals surface area (Å²) >= 11 is 2.38. The minimum Gasteiger partial charge on any atom is -0.456 e. The number of rotatable bonds is 34. The van der Waals surface area contributed by atoms with Crippen molar-refractivity contribution in [1.82, 2.24) is 14.7 Å². The maximum Gasteiger partial charge on any atom is 1.00 e. The molecule has 30 nitrogen and oxygen atoms in total. The number of carbonyl (C=O) groups excluding carboxylic acids is 3. The number of carbonyl (C=O) groups is 3. The van der Waals surface area contributed by atoms with Gasteiger partial charge in [-0.05, 0) is 155 Å². The van der Waals surface area contributed by atoms with Gasteiger partial charge < -0.3 is 95.9 Å². The normalized spacial score (nSPS) is 30.1. The summed E-state index contributed by atoms with van der Waals surface area (Å²) in [4.78, 5) is 62.9. The van der Waals surface area contributed by atoms with Crippen molar-refractivity contribution in [3.05, 3.63) is 54.2 Å². The van der Waals surface area contributed by atoms with Gasteiger partial charge in [0.25, 0.3) is 0 Å². The van der Waals surface area contributed by atoms with Crippen LogP contribution in [-0.4, -0.2) is 237 Å². The number of esters is 3. The van der Waals surface area contributed by atoms with Crippen LogP contribution in [0.2, 0.25) is 0 Å². The van der Waals surface area contributed by atoms with E-state index in [2.05, 4.69) is 53.2 Å². The average molecular weight is 1760 g/mol. The van der Waals surface area contributed by atoms with Crippen LogP contribution in [0.4, 0.5) is 0 Å². The van der Waals surface area contributed by atoms with Crippen LogP contribution >= 0.6 is 48.0 Å². The number of methoxy groups -OCH3 is 3. The molecule has 634 valence electrons. The van der Waals surface area contributed by atoms with Crippen molar-refractivity contribution in [2.24, 2.45) is 40.8 Å². The molecule has 0 N–H and O–H groups in total. The minimum atomic E-state index is -1.19. The quantitative estimate of drug-likeness (QED) is 0.00664. The number of ether oxygens (including phenoxy) is 15. The third kappa shape index (κ3) is 28.8.